The van der Waals surface area contributed by atoms with E-state index in [9.17, 15) is 9.59 Å². The molecule has 0 atom stereocenters. The van der Waals surface area contributed by atoms with E-state index in [1.165, 1.54) is 12.1 Å². The molecule has 24 heavy (non-hydrogen) atoms. The van der Waals surface area contributed by atoms with Crippen LogP contribution in [0.25, 0.3) is 0 Å². The quantitative estimate of drug-likeness (QED) is 0.841. The summed E-state index contributed by atoms with van der Waals surface area (Å²) in [6.45, 7) is 3.72. The number of amides is 2. The van der Waals surface area contributed by atoms with E-state index in [1.54, 1.807) is 6.07 Å². The van der Waals surface area contributed by atoms with E-state index < -0.39 is 5.91 Å². The van der Waals surface area contributed by atoms with Crippen LogP contribution in [0.15, 0.2) is 36.4 Å². The number of hydrogen-bond acceptors (Lipinski definition) is 3. The first kappa shape index (κ1) is 17.8. The Morgan fingerprint density at radius 3 is 2.67 bits per heavy atom. The summed E-state index contributed by atoms with van der Waals surface area (Å²) in [4.78, 5) is 23.6. The van der Waals surface area contributed by atoms with E-state index >= 15 is 0 Å². The molecule has 2 amide bonds. The second-order valence-corrected chi connectivity index (χ2v) is 5.74. The Kier molecular flexibility index (Phi) is 5.82. The van der Waals surface area contributed by atoms with Crippen molar-refractivity contribution in [3.8, 4) is 5.75 Å². The highest BCUT2D eigenvalue weighted by atomic mass is 35.5. The average Bonchev–Trinajstić information content (AvgIpc) is 2.55. The van der Waals surface area contributed by atoms with E-state index in [4.69, 9.17) is 22.1 Å². The lowest BCUT2D eigenvalue weighted by molar-refractivity contribution is -0.118. The zero-order chi connectivity index (χ0) is 17.7. The maximum atomic E-state index is 12.2. The molecule has 126 valence electrons. The zero-order valence-electron chi connectivity index (χ0n) is 13.6. The second-order valence-electron chi connectivity index (χ2n) is 5.30. The summed E-state index contributed by atoms with van der Waals surface area (Å²) in [6, 6.07) is 10.3. The smallest absolute Gasteiger partial charge is 0.262 e. The normalized spacial score (nSPS) is 10.3. The molecular weight excluding hydrogens is 328 g/mol. The molecule has 0 saturated heterocycles. The first-order valence-electron chi connectivity index (χ1n) is 7.52. The van der Waals surface area contributed by atoms with E-state index in [2.05, 4.69) is 5.32 Å². The number of halogens is 1. The Hall–Kier alpha value is -2.53. The number of carbonyl (C=O) groups excluding carboxylic acids is 2. The van der Waals surface area contributed by atoms with E-state index in [1.807, 2.05) is 32.0 Å². The van der Waals surface area contributed by atoms with Gasteiger partial charge in [-0.3, -0.25) is 9.59 Å². The van der Waals surface area contributed by atoms with Gasteiger partial charge < -0.3 is 15.8 Å². The van der Waals surface area contributed by atoms with E-state index in [0.29, 0.717) is 5.02 Å². The van der Waals surface area contributed by atoms with Crippen molar-refractivity contribution in [1.29, 1.82) is 0 Å². The number of nitrogens with one attached hydrogen (secondary N) is 1. The Balaban J connectivity index is 2.09. The molecule has 2 rings (SSSR count). The summed E-state index contributed by atoms with van der Waals surface area (Å²) in [7, 11) is 0. The summed E-state index contributed by atoms with van der Waals surface area (Å²) >= 11 is 5.84. The fourth-order valence-corrected chi connectivity index (χ4v) is 2.51. The van der Waals surface area contributed by atoms with Crippen molar-refractivity contribution in [1.82, 2.24) is 0 Å². The summed E-state index contributed by atoms with van der Waals surface area (Å²) in [5.74, 6) is -0.757. The number of primary amides is 1. The van der Waals surface area contributed by atoms with Crippen molar-refractivity contribution in [2.24, 2.45) is 5.73 Å². The van der Waals surface area contributed by atoms with Crippen LogP contribution in [-0.2, 0) is 11.2 Å². The number of carbonyl (C=O) groups is 2. The Morgan fingerprint density at radius 1 is 1.25 bits per heavy atom. The number of para-hydroxylation sites is 1. The van der Waals surface area contributed by atoms with Gasteiger partial charge in [-0.25, -0.2) is 0 Å². The third kappa shape index (κ3) is 4.26. The number of hydrogen-bond donors (Lipinski definition) is 2. The lowest BCUT2D eigenvalue weighted by atomic mass is 10.1. The molecule has 0 fully saturated rings. The number of benzene rings is 2. The topological polar surface area (TPSA) is 81.4 Å². The summed E-state index contributed by atoms with van der Waals surface area (Å²) in [5, 5.41) is 3.22. The number of nitrogens with two attached hydrogens (primary N) is 1. The minimum atomic E-state index is -0.667. The van der Waals surface area contributed by atoms with Crippen molar-refractivity contribution in [3.63, 3.8) is 0 Å². The fraction of sp³-hybridized carbons (Fsp3) is 0.222. The van der Waals surface area contributed by atoms with Gasteiger partial charge in [-0.15, -0.1) is 0 Å². The standard InChI is InChI=1S/C18H19ClN2O3/c1-3-12-6-4-5-11(2)17(12)21-16(22)10-24-15-8-7-13(19)9-14(15)18(20)23/h4-9H,3,10H2,1-2H3,(H2,20,23)(H,21,22). The van der Waals surface area contributed by atoms with Crippen LogP contribution >= 0.6 is 11.6 Å². The van der Waals surface area contributed by atoms with Crippen molar-refractivity contribution in [3.05, 3.63) is 58.1 Å². The third-order valence-electron chi connectivity index (χ3n) is 3.57. The molecule has 6 heteroatoms. The number of aryl methyl sites for hydroxylation is 2. The Bertz CT molecular complexity index is 775. The lowest BCUT2D eigenvalue weighted by Gasteiger charge is -2.14. The largest absolute Gasteiger partial charge is 0.483 e. The van der Waals surface area contributed by atoms with Crippen molar-refractivity contribution in [2.45, 2.75) is 20.3 Å². The first-order valence-corrected chi connectivity index (χ1v) is 7.90. The summed E-state index contributed by atoms with van der Waals surface area (Å²) in [6.07, 6.45) is 0.807. The number of ether oxygens (including phenoxy) is 1. The highest BCUT2D eigenvalue weighted by Gasteiger charge is 2.13. The molecule has 0 radical (unpaired) electrons. The lowest BCUT2D eigenvalue weighted by Crippen LogP contribution is -2.22. The molecule has 2 aromatic rings. The summed E-state index contributed by atoms with van der Waals surface area (Å²) in [5.41, 5.74) is 8.25. The molecule has 0 spiro atoms. The molecule has 0 saturated carbocycles. The van der Waals surface area contributed by atoms with Crippen LogP contribution in [0, 0.1) is 6.92 Å². The van der Waals surface area contributed by atoms with Crippen LogP contribution in [0.4, 0.5) is 5.69 Å². The second kappa shape index (κ2) is 7.84. The maximum Gasteiger partial charge on any atom is 0.262 e. The van der Waals surface area contributed by atoms with Gasteiger partial charge in [0.2, 0.25) is 0 Å². The van der Waals surface area contributed by atoms with Gasteiger partial charge in [0.25, 0.3) is 11.8 Å². The fourth-order valence-electron chi connectivity index (χ4n) is 2.34. The van der Waals surface area contributed by atoms with Gasteiger partial charge in [0.05, 0.1) is 5.56 Å². The minimum Gasteiger partial charge on any atom is -0.483 e. The molecule has 0 aromatic heterocycles. The maximum absolute atomic E-state index is 12.2. The van der Waals surface area contributed by atoms with Crippen LogP contribution in [0.2, 0.25) is 5.02 Å². The molecule has 0 unspecified atom stereocenters. The zero-order valence-corrected chi connectivity index (χ0v) is 14.3. The molecule has 2 aromatic carbocycles. The highest BCUT2D eigenvalue weighted by molar-refractivity contribution is 6.31. The van der Waals surface area contributed by atoms with Crippen LogP contribution < -0.4 is 15.8 Å². The monoisotopic (exact) mass is 346 g/mol. The third-order valence-corrected chi connectivity index (χ3v) is 3.81. The van der Waals surface area contributed by atoms with Gasteiger partial charge in [-0.05, 0) is 42.7 Å². The molecular formula is C18H19ClN2O3. The van der Waals surface area contributed by atoms with Gasteiger partial charge in [0.15, 0.2) is 6.61 Å². The van der Waals surface area contributed by atoms with Gasteiger partial charge in [0.1, 0.15) is 5.75 Å². The molecule has 0 heterocycles. The number of rotatable bonds is 6. The van der Waals surface area contributed by atoms with Crippen LogP contribution in [0.5, 0.6) is 5.75 Å². The molecule has 0 aliphatic heterocycles. The van der Waals surface area contributed by atoms with Crippen molar-refractivity contribution < 1.29 is 14.3 Å². The van der Waals surface area contributed by atoms with E-state index in [0.717, 1.165) is 23.2 Å². The van der Waals surface area contributed by atoms with Crippen LogP contribution in [0.3, 0.4) is 0 Å². The Labute approximate surface area is 145 Å². The van der Waals surface area contributed by atoms with Crippen molar-refractivity contribution >= 4 is 29.1 Å². The first-order chi connectivity index (χ1) is 11.4. The minimum absolute atomic E-state index is 0.139. The van der Waals surface area contributed by atoms with Crippen LogP contribution in [0.1, 0.15) is 28.4 Å². The predicted molar refractivity (Wildman–Crippen MR) is 94.7 cm³/mol. The Morgan fingerprint density at radius 2 is 2.00 bits per heavy atom. The highest BCUT2D eigenvalue weighted by Crippen LogP contribution is 2.23. The van der Waals surface area contributed by atoms with Gasteiger partial charge >= 0.3 is 0 Å². The average molecular weight is 347 g/mol. The molecule has 5 nitrogen and oxygen atoms in total. The van der Waals surface area contributed by atoms with Crippen molar-refractivity contribution in [2.75, 3.05) is 11.9 Å². The van der Waals surface area contributed by atoms with E-state index in [-0.39, 0.29) is 23.8 Å². The molecule has 3 N–H and O–H groups in total. The predicted octanol–water partition coefficient (Wildman–Crippen LogP) is 3.33. The molecule has 0 aliphatic carbocycles. The number of anilines is 1. The molecule has 0 aliphatic rings. The van der Waals surface area contributed by atoms with Crippen LogP contribution in [-0.4, -0.2) is 18.4 Å². The SMILES string of the molecule is CCc1cccc(C)c1NC(=O)COc1ccc(Cl)cc1C(N)=O. The summed E-state index contributed by atoms with van der Waals surface area (Å²) < 4.78 is 5.43. The van der Waals surface area contributed by atoms with Gasteiger partial charge in [0, 0.05) is 10.7 Å². The molecule has 0 bridgehead atoms. The van der Waals surface area contributed by atoms with Gasteiger partial charge in [-0.2, -0.15) is 0 Å². The van der Waals surface area contributed by atoms with Gasteiger partial charge in [-0.1, -0.05) is 36.7 Å².